The van der Waals surface area contributed by atoms with E-state index in [-0.39, 0.29) is 12.1 Å². The first-order valence-corrected chi connectivity index (χ1v) is 7.86. The smallest absolute Gasteiger partial charge is 0.320 e. The number of anilines is 1. The zero-order valence-electron chi connectivity index (χ0n) is 13.1. The van der Waals surface area contributed by atoms with Crippen LogP contribution in [-0.2, 0) is 7.05 Å². The highest BCUT2D eigenvalue weighted by Crippen LogP contribution is 2.20. The predicted octanol–water partition coefficient (Wildman–Crippen LogP) is 3.98. The number of imidazole rings is 1. The quantitative estimate of drug-likeness (QED) is 0.754. The third-order valence-corrected chi connectivity index (χ3v) is 3.88. The van der Waals surface area contributed by atoms with Crippen molar-refractivity contribution >= 4 is 23.3 Å². The minimum absolute atomic E-state index is 0.311. The van der Waals surface area contributed by atoms with Crippen molar-refractivity contribution in [3.8, 4) is 0 Å². The summed E-state index contributed by atoms with van der Waals surface area (Å²) in [6.07, 6.45) is 3.56. The number of halogens is 1. The van der Waals surface area contributed by atoms with Crippen molar-refractivity contribution < 1.29 is 4.79 Å². The largest absolute Gasteiger partial charge is 0.336 e. The molecule has 0 unspecified atom stereocenters. The number of nitrogens with one attached hydrogen (secondary N) is 2. The molecule has 1 heterocycles. The standard InChI is InChI=1S/C18H17ClN4O/c1-23-12-11-20-17(23)16(13-5-3-2-4-6-13)22-18(24)21-15-9-7-14(19)8-10-15/h2-12,16H,1H3,(H2,21,22,24)/t16-/m1/s1. The summed E-state index contributed by atoms with van der Waals surface area (Å²) in [7, 11) is 1.90. The fraction of sp³-hybridized carbons (Fsp3) is 0.111. The van der Waals surface area contributed by atoms with Gasteiger partial charge in [0.2, 0.25) is 0 Å². The lowest BCUT2D eigenvalue weighted by atomic mass is 10.1. The van der Waals surface area contributed by atoms with Gasteiger partial charge in [0, 0.05) is 30.2 Å². The highest BCUT2D eigenvalue weighted by molar-refractivity contribution is 6.30. The van der Waals surface area contributed by atoms with E-state index >= 15 is 0 Å². The van der Waals surface area contributed by atoms with E-state index in [2.05, 4.69) is 15.6 Å². The van der Waals surface area contributed by atoms with Gasteiger partial charge in [-0.1, -0.05) is 41.9 Å². The van der Waals surface area contributed by atoms with Crippen LogP contribution in [0.25, 0.3) is 0 Å². The average molecular weight is 341 g/mol. The number of hydrogen-bond acceptors (Lipinski definition) is 2. The maximum absolute atomic E-state index is 12.4. The molecule has 0 bridgehead atoms. The average Bonchev–Trinajstić information content (AvgIpc) is 3.01. The molecule has 0 aliphatic rings. The topological polar surface area (TPSA) is 59.0 Å². The Labute approximate surface area is 145 Å². The Hall–Kier alpha value is -2.79. The molecule has 0 aliphatic heterocycles. The number of benzene rings is 2. The minimum Gasteiger partial charge on any atom is -0.336 e. The van der Waals surface area contributed by atoms with E-state index in [4.69, 9.17) is 11.6 Å². The second kappa shape index (κ2) is 7.19. The number of hydrogen-bond donors (Lipinski definition) is 2. The number of carbonyl (C=O) groups is 1. The van der Waals surface area contributed by atoms with E-state index in [9.17, 15) is 4.79 Å². The number of nitrogens with zero attached hydrogens (tertiary/aromatic N) is 2. The Morgan fingerprint density at radius 2 is 1.83 bits per heavy atom. The van der Waals surface area contributed by atoms with Gasteiger partial charge >= 0.3 is 6.03 Å². The van der Waals surface area contributed by atoms with Gasteiger partial charge in [-0.15, -0.1) is 0 Å². The third kappa shape index (κ3) is 3.75. The fourth-order valence-electron chi connectivity index (χ4n) is 2.43. The van der Waals surface area contributed by atoms with Crippen LogP contribution in [0, 0.1) is 0 Å². The van der Waals surface area contributed by atoms with Gasteiger partial charge in [-0.3, -0.25) is 0 Å². The van der Waals surface area contributed by atoms with Crippen LogP contribution in [0.3, 0.4) is 0 Å². The summed E-state index contributed by atoms with van der Waals surface area (Å²) in [5, 5.41) is 6.40. The fourth-order valence-corrected chi connectivity index (χ4v) is 2.56. The Bertz CT molecular complexity index is 815. The summed E-state index contributed by atoms with van der Waals surface area (Å²) in [4.78, 5) is 16.8. The summed E-state index contributed by atoms with van der Waals surface area (Å²) in [6, 6.07) is 16.0. The van der Waals surface area contributed by atoms with Crippen molar-refractivity contribution in [1.29, 1.82) is 0 Å². The van der Waals surface area contributed by atoms with Gasteiger partial charge in [0.25, 0.3) is 0 Å². The third-order valence-electron chi connectivity index (χ3n) is 3.63. The SMILES string of the molecule is Cn1ccnc1[C@H](NC(=O)Nc1ccc(Cl)cc1)c1ccccc1. The van der Waals surface area contributed by atoms with Crippen LogP contribution in [-0.4, -0.2) is 15.6 Å². The highest BCUT2D eigenvalue weighted by atomic mass is 35.5. The zero-order chi connectivity index (χ0) is 16.9. The van der Waals surface area contributed by atoms with E-state index in [1.807, 2.05) is 48.1 Å². The van der Waals surface area contributed by atoms with Crippen LogP contribution in [0.1, 0.15) is 17.4 Å². The summed E-state index contributed by atoms with van der Waals surface area (Å²) in [5.74, 6) is 0.757. The lowest BCUT2D eigenvalue weighted by Crippen LogP contribution is -2.34. The van der Waals surface area contributed by atoms with Crippen LogP contribution in [0.4, 0.5) is 10.5 Å². The normalized spacial score (nSPS) is 11.8. The van der Waals surface area contributed by atoms with Gasteiger partial charge in [0.1, 0.15) is 11.9 Å². The molecule has 122 valence electrons. The molecule has 2 aromatic carbocycles. The summed E-state index contributed by atoms with van der Waals surface area (Å²) >= 11 is 5.86. The van der Waals surface area contributed by atoms with Crippen LogP contribution in [0.2, 0.25) is 5.02 Å². The summed E-state index contributed by atoms with van der Waals surface area (Å²) in [6.45, 7) is 0. The summed E-state index contributed by atoms with van der Waals surface area (Å²) < 4.78 is 1.89. The molecule has 0 saturated carbocycles. The first kappa shape index (κ1) is 16.1. The molecule has 1 atom stereocenters. The summed E-state index contributed by atoms with van der Waals surface area (Å²) in [5.41, 5.74) is 1.63. The van der Waals surface area contributed by atoms with E-state index in [1.54, 1.807) is 30.5 Å². The molecule has 0 aliphatic carbocycles. The molecule has 2 amide bonds. The van der Waals surface area contributed by atoms with Crippen LogP contribution in [0.5, 0.6) is 0 Å². The van der Waals surface area contributed by atoms with Crippen molar-refractivity contribution in [1.82, 2.24) is 14.9 Å². The van der Waals surface area contributed by atoms with Crippen molar-refractivity contribution in [2.24, 2.45) is 7.05 Å². The first-order valence-electron chi connectivity index (χ1n) is 7.49. The number of urea groups is 1. The van der Waals surface area contributed by atoms with Crippen LogP contribution in [0.15, 0.2) is 67.0 Å². The molecular formula is C18H17ClN4O. The van der Waals surface area contributed by atoms with Crippen molar-refractivity contribution in [3.05, 3.63) is 83.4 Å². The molecule has 6 heteroatoms. The molecule has 1 aromatic heterocycles. The maximum atomic E-state index is 12.4. The molecule has 0 fully saturated rings. The van der Waals surface area contributed by atoms with Gasteiger partial charge < -0.3 is 15.2 Å². The number of aryl methyl sites for hydroxylation is 1. The Morgan fingerprint density at radius 1 is 1.12 bits per heavy atom. The minimum atomic E-state index is -0.349. The number of amides is 2. The number of carbonyl (C=O) groups excluding carboxylic acids is 1. The first-order chi connectivity index (χ1) is 11.6. The van der Waals surface area contributed by atoms with Gasteiger partial charge in [-0.2, -0.15) is 0 Å². The van der Waals surface area contributed by atoms with E-state index in [1.165, 1.54) is 0 Å². The van der Waals surface area contributed by atoms with Crippen molar-refractivity contribution in [2.45, 2.75) is 6.04 Å². The van der Waals surface area contributed by atoms with E-state index in [0.29, 0.717) is 10.7 Å². The van der Waals surface area contributed by atoms with Gasteiger partial charge in [-0.25, -0.2) is 9.78 Å². The van der Waals surface area contributed by atoms with Crippen LogP contribution >= 0.6 is 11.6 Å². The van der Waals surface area contributed by atoms with Crippen LogP contribution < -0.4 is 10.6 Å². The zero-order valence-corrected chi connectivity index (χ0v) is 13.9. The molecule has 0 spiro atoms. The maximum Gasteiger partial charge on any atom is 0.320 e. The Balaban J connectivity index is 1.80. The van der Waals surface area contributed by atoms with E-state index in [0.717, 1.165) is 11.4 Å². The molecule has 2 N–H and O–H groups in total. The van der Waals surface area contributed by atoms with Gasteiger partial charge in [-0.05, 0) is 29.8 Å². The predicted molar refractivity (Wildman–Crippen MR) is 95.1 cm³/mol. The molecule has 24 heavy (non-hydrogen) atoms. The highest BCUT2D eigenvalue weighted by Gasteiger charge is 2.20. The van der Waals surface area contributed by atoms with Gasteiger partial charge in [0.05, 0.1) is 0 Å². The second-order valence-electron chi connectivity index (χ2n) is 5.35. The Morgan fingerprint density at radius 3 is 2.46 bits per heavy atom. The lowest BCUT2D eigenvalue weighted by molar-refractivity contribution is 0.249. The van der Waals surface area contributed by atoms with Gasteiger partial charge in [0.15, 0.2) is 0 Å². The molecule has 0 radical (unpaired) electrons. The molecule has 5 nitrogen and oxygen atoms in total. The molecule has 3 aromatic rings. The number of aromatic nitrogens is 2. The molecule has 3 rings (SSSR count). The van der Waals surface area contributed by atoms with Crippen molar-refractivity contribution in [2.75, 3.05) is 5.32 Å². The second-order valence-corrected chi connectivity index (χ2v) is 5.78. The lowest BCUT2D eigenvalue weighted by Gasteiger charge is -2.19. The number of rotatable bonds is 4. The van der Waals surface area contributed by atoms with E-state index < -0.39 is 0 Å². The monoisotopic (exact) mass is 340 g/mol. The molecule has 0 saturated heterocycles. The van der Waals surface area contributed by atoms with Crippen molar-refractivity contribution in [3.63, 3.8) is 0 Å². The molecular weight excluding hydrogens is 324 g/mol. The Kier molecular flexibility index (Phi) is 4.82.